The molecule has 0 unspecified atom stereocenters. The van der Waals surface area contributed by atoms with Crippen LogP contribution in [0.5, 0.6) is 0 Å². The summed E-state index contributed by atoms with van der Waals surface area (Å²) in [5.41, 5.74) is 4.66. The molecule has 1 aromatic carbocycles. The standard InChI is InChI=1S/C16H21NO/c1-11-5-6-15(12(2)7-11)17-13-8-14(18)10-16(3,4)9-13/h5-8,17H,9-10H2,1-4H3. The van der Waals surface area contributed by atoms with Gasteiger partial charge in [-0.3, -0.25) is 4.79 Å². The van der Waals surface area contributed by atoms with Gasteiger partial charge in [-0.15, -0.1) is 0 Å². The third-order valence-corrected chi connectivity index (χ3v) is 3.33. The number of allylic oxidation sites excluding steroid dienone is 2. The highest BCUT2D eigenvalue weighted by atomic mass is 16.1. The topological polar surface area (TPSA) is 29.1 Å². The van der Waals surface area contributed by atoms with E-state index in [0.717, 1.165) is 17.8 Å². The van der Waals surface area contributed by atoms with E-state index >= 15 is 0 Å². The Morgan fingerprint density at radius 3 is 2.50 bits per heavy atom. The monoisotopic (exact) mass is 243 g/mol. The Labute approximate surface area is 109 Å². The number of aryl methyl sites for hydroxylation is 2. The summed E-state index contributed by atoms with van der Waals surface area (Å²) in [5, 5.41) is 3.40. The molecule has 0 amide bonds. The largest absolute Gasteiger partial charge is 0.359 e. The maximum atomic E-state index is 11.7. The second-order valence-electron chi connectivity index (χ2n) is 6.10. The first-order valence-electron chi connectivity index (χ1n) is 6.43. The molecule has 0 saturated carbocycles. The number of hydrogen-bond donors (Lipinski definition) is 1. The van der Waals surface area contributed by atoms with Gasteiger partial charge in [-0.1, -0.05) is 31.5 Å². The van der Waals surface area contributed by atoms with Crippen LogP contribution in [0.2, 0.25) is 0 Å². The van der Waals surface area contributed by atoms with E-state index in [0.29, 0.717) is 6.42 Å². The summed E-state index contributed by atoms with van der Waals surface area (Å²) in [6, 6.07) is 6.32. The molecule has 0 spiro atoms. The number of ketones is 1. The van der Waals surface area contributed by atoms with Crippen molar-refractivity contribution in [3.63, 3.8) is 0 Å². The van der Waals surface area contributed by atoms with Gasteiger partial charge in [-0.05, 0) is 37.3 Å². The van der Waals surface area contributed by atoms with Gasteiger partial charge in [0.15, 0.2) is 5.78 Å². The molecule has 0 radical (unpaired) electrons. The lowest BCUT2D eigenvalue weighted by Gasteiger charge is -2.29. The van der Waals surface area contributed by atoms with Crippen LogP contribution in [-0.2, 0) is 4.79 Å². The molecular weight excluding hydrogens is 222 g/mol. The van der Waals surface area contributed by atoms with Gasteiger partial charge < -0.3 is 5.32 Å². The minimum absolute atomic E-state index is 0.0623. The Balaban J connectivity index is 2.21. The number of carbonyl (C=O) groups is 1. The van der Waals surface area contributed by atoms with Crippen LogP contribution in [-0.4, -0.2) is 5.78 Å². The van der Waals surface area contributed by atoms with Crippen LogP contribution in [0.15, 0.2) is 30.0 Å². The SMILES string of the molecule is Cc1ccc(NC2=CC(=O)CC(C)(C)C2)c(C)c1. The van der Waals surface area contributed by atoms with Crippen molar-refractivity contribution in [2.24, 2.45) is 5.41 Å². The fourth-order valence-corrected chi connectivity index (χ4v) is 2.55. The molecule has 0 fully saturated rings. The summed E-state index contributed by atoms with van der Waals surface area (Å²) >= 11 is 0. The zero-order chi connectivity index (χ0) is 13.3. The Kier molecular flexibility index (Phi) is 3.29. The molecule has 1 aliphatic rings. The molecular formula is C16H21NO. The zero-order valence-corrected chi connectivity index (χ0v) is 11.6. The van der Waals surface area contributed by atoms with Gasteiger partial charge in [-0.25, -0.2) is 0 Å². The maximum Gasteiger partial charge on any atom is 0.157 e. The molecule has 1 aromatic rings. The van der Waals surface area contributed by atoms with Crippen molar-refractivity contribution in [2.45, 2.75) is 40.5 Å². The summed E-state index contributed by atoms with van der Waals surface area (Å²) in [7, 11) is 0. The maximum absolute atomic E-state index is 11.7. The third-order valence-electron chi connectivity index (χ3n) is 3.33. The fraction of sp³-hybridized carbons (Fsp3) is 0.438. The third kappa shape index (κ3) is 3.00. The summed E-state index contributed by atoms with van der Waals surface area (Å²) in [6.07, 6.45) is 3.32. The van der Waals surface area contributed by atoms with Crippen molar-refractivity contribution in [1.29, 1.82) is 0 Å². The van der Waals surface area contributed by atoms with E-state index in [1.807, 2.05) is 0 Å². The van der Waals surface area contributed by atoms with Gasteiger partial charge in [0.05, 0.1) is 0 Å². The van der Waals surface area contributed by atoms with E-state index in [1.165, 1.54) is 11.1 Å². The van der Waals surface area contributed by atoms with Crippen LogP contribution >= 0.6 is 0 Å². The van der Waals surface area contributed by atoms with Crippen LogP contribution in [0.4, 0.5) is 5.69 Å². The first-order valence-corrected chi connectivity index (χ1v) is 6.43. The Morgan fingerprint density at radius 1 is 1.17 bits per heavy atom. The van der Waals surface area contributed by atoms with E-state index in [-0.39, 0.29) is 11.2 Å². The van der Waals surface area contributed by atoms with Crippen LogP contribution in [0.1, 0.15) is 37.8 Å². The molecule has 2 heteroatoms. The second-order valence-corrected chi connectivity index (χ2v) is 6.10. The van der Waals surface area contributed by atoms with Crippen molar-refractivity contribution in [1.82, 2.24) is 0 Å². The van der Waals surface area contributed by atoms with E-state index < -0.39 is 0 Å². The lowest BCUT2D eigenvalue weighted by atomic mass is 9.79. The molecule has 96 valence electrons. The number of rotatable bonds is 2. The molecule has 1 N–H and O–H groups in total. The summed E-state index contributed by atoms with van der Waals surface area (Å²) in [4.78, 5) is 11.7. The summed E-state index contributed by atoms with van der Waals surface area (Å²) < 4.78 is 0. The van der Waals surface area contributed by atoms with E-state index in [9.17, 15) is 4.79 Å². The number of nitrogens with one attached hydrogen (secondary N) is 1. The molecule has 0 heterocycles. The van der Waals surface area contributed by atoms with Crippen LogP contribution in [0, 0.1) is 19.3 Å². The lowest BCUT2D eigenvalue weighted by Crippen LogP contribution is -2.24. The van der Waals surface area contributed by atoms with Crippen LogP contribution in [0.25, 0.3) is 0 Å². The molecule has 0 saturated heterocycles. The molecule has 0 aromatic heterocycles. The average molecular weight is 243 g/mol. The Morgan fingerprint density at radius 2 is 1.89 bits per heavy atom. The zero-order valence-electron chi connectivity index (χ0n) is 11.6. The number of hydrogen-bond acceptors (Lipinski definition) is 2. The molecule has 2 nitrogen and oxygen atoms in total. The van der Waals surface area contributed by atoms with Crippen molar-refractivity contribution in [3.05, 3.63) is 41.1 Å². The summed E-state index contributed by atoms with van der Waals surface area (Å²) in [6.45, 7) is 8.46. The van der Waals surface area contributed by atoms with Gasteiger partial charge in [0.2, 0.25) is 0 Å². The van der Waals surface area contributed by atoms with E-state index in [4.69, 9.17) is 0 Å². The van der Waals surface area contributed by atoms with Crippen LogP contribution in [0.3, 0.4) is 0 Å². The van der Waals surface area contributed by atoms with Gasteiger partial charge in [0.1, 0.15) is 0 Å². The Hall–Kier alpha value is -1.57. The molecule has 0 atom stereocenters. The average Bonchev–Trinajstić information content (AvgIpc) is 2.19. The smallest absolute Gasteiger partial charge is 0.157 e. The quantitative estimate of drug-likeness (QED) is 0.851. The molecule has 2 rings (SSSR count). The summed E-state index contributed by atoms with van der Waals surface area (Å²) in [5.74, 6) is 0.221. The number of benzene rings is 1. The predicted octanol–water partition coefficient (Wildman–Crippen LogP) is 3.99. The van der Waals surface area contributed by atoms with Crippen molar-refractivity contribution >= 4 is 11.5 Å². The fourth-order valence-electron chi connectivity index (χ4n) is 2.55. The van der Waals surface area contributed by atoms with E-state index in [1.54, 1.807) is 6.08 Å². The predicted molar refractivity (Wildman–Crippen MR) is 75.6 cm³/mol. The van der Waals surface area contributed by atoms with Crippen molar-refractivity contribution < 1.29 is 4.79 Å². The highest BCUT2D eigenvalue weighted by molar-refractivity contribution is 5.92. The number of anilines is 1. The minimum Gasteiger partial charge on any atom is -0.359 e. The van der Waals surface area contributed by atoms with Gasteiger partial charge in [0, 0.05) is 23.9 Å². The molecule has 0 aliphatic heterocycles. The minimum atomic E-state index is 0.0623. The number of carbonyl (C=O) groups excluding carboxylic acids is 1. The highest BCUT2D eigenvalue weighted by Gasteiger charge is 2.27. The van der Waals surface area contributed by atoms with Crippen molar-refractivity contribution in [2.75, 3.05) is 5.32 Å². The van der Waals surface area contributed by atoms with Gasteiger partial charge >= 0.3 is 0 Å². The van der Waals surface area contributed by atoms with Gasteiger partial charge in [0.25, 0.3) is 0 Å². The first-order chi connectivity index (χ1) is 8.35. The molecule has 1 aliphatic carbocycles. The Bertz CT molecular complexity index is 512. The molecule has 18 heavy (non-hydrogen) atoms. The highest BCUT2D eigenvalue weighted by Crippen LogP contribution is 2.34. The first kappa shape index (κ1) is 12.9. The van der Waals surface area contributed by atoms with Crippen molar-refractivity contribution in [3.8, 4) is 0 Å². The second kappa shape index (κ2) is 4.60. The molecule has 0 bridgehead atoms. The normalized spacial score (nSPS) is 18.4. The van der Waals surface area contributed by atoms with E-state index in [2.05, 4.69) is 51.2 Å². The van der Waals surface area contributed by atoms with Gasteiger partial charge in [-0.2, -0.15) is 0 Å². The van der Waals surface area contributed by atoms with Crippen LogP contribution < -0.4 is 5.32 Å². The lowest BCUT2D eigenvalue weighted by molar-refractivity contribution is -0.117.